The molecule has 0 bridgehead atoms. The highest BCUT2D eigenvalue weighted by atomic mass is 35.5. The van der Waals surface area contributed by atoms with Gasteiger partial charge in [0, 0.05) is 29.1 Å². The number of benzene rings is 1. The first kappa shape index (κ1) is 12.1. The van der Waals surface area contributed by atoms with Crippen molar-refractivity contribution in [3.8, 4) is 0 Å². The lowest BCUT2D eigenvalue weighted by Gasteiger charge is -2.23. The van der Waals surface area contributed by atoms with Crippen LogP contribution >= 0.6 is 23.4 Å². The molecule has 3 nitrogen and oxygen atoms in total. The minimum absolute atomic E-state index is 0.380. The minimum Gasteiger partial charge on any atom is -0.324 e. The van der Waals surface area contributed by atoms with Crippen LogP contribution in [0.15, 0.2) is 18.2 Å². The van der Waals surface area contributed by atoms with E-state index in [2.05, 4.69) is 16.0 Å². The van der Waals surface area contributed by atoms with Crippen molar-refractivity contribution >= 4 is 34.4 Å². The number of hydrogen-bond acceptors (Lipinski definition) is 3. The Balaban J connectivity index is 1.85. The highest BCUT2D eigenvalue weighted by Gasteiger charge is 2.31. The molecule has 2 aliphatic rings. The predicted octanol–water partition coefficient (Wildman–Crippen LogP) is 3.40. The Labute approximate surface area is 121 Å². The summed E-state index contributed by atoms with van der Waals surface area (Å²) in [6.07, 6.45) is 2.56. The zero-order valence-electron chi connectivity index (χ0n) is 10.6. The Bertz CT molecular complexity index is 614. The number of imidazole rings is 1. The van der Waals surface area contributed by atoms with Crippen molar-refractivity contribution in [3.63, 3.8) is 0 Å². The molecule has 1 aromatic carbocycles. The summed E-state index contributed by atoms with van der Waals surface area (Å²) in [5.74, 6) is 3.52. The highest BCUT2D eigenvalue weighted by molar-refractivity contribution is 7.99. The molecule has 0 spiro atoms. The molecule has 1 N–H and O–H groups in total. The fourth-order valence-electron chi connectivity index (χ4n) is 2.78. The number of nitrogens with one attached hydrogen (secondary N) is 1. The summed E-state index contributed by atoms with van der Waals surface area (Å²) in [6, 6.07) is 7.09. The summed E-state index contributed by atoms with van der Waals surface area (Å²) >= 11 is 8.10. The zero-order valence-corrected chi connectivity index (χ0v) is 12.2. The molecule has 1 aliphatic carbocycles. The maximum atomic E-state index is 6.09. The average molecular weight is 294 g/mol. The van der Waals surface area contributed by atoms with Crippen LogP contribution in [0.1, 0.15) is 30.7 Å². The van der Waals surface area contributed by atoms with E-state index in [0.717, 1.165) is 22.8 Å². The van der Waals surface area contributed by atoms with E-state index in [-0.39, 0.29) is 0 Å². The van der Waals surface area contributed by atoms with Crippen LogP contribution in [0.3, 0.4) is 0 Å². The largest absolute Gasteiger partial charge is 0.324 e. The predicted molar refractivity (Wildman–Crippen MR) is 81.1 cm³/mol. The maximum absolute atomic E-state index is 6.09. The second-order valence-electron chi connectivity index (χ2n) is 5.29. The Morgan fingerprint density at radius 2 is 2.26 bits per heavy atom. The molecule has 100 valence electrons. The van der Waals surface area contributed by atoms with Crippen LogP contribution in [0.5, 0.6) is 0 Å². The molecule has 2 heterocycles. The minimum atomic E-state index is 0.380. The molecule has 1 saturated carbocycles. The molecule has 1 aromatic heterocycles. The number of thioether (sulfide) groups is 1. The fraction of sp³-hybridized carbons (Fsp3) is 0.500. The standard InChI is InChI=1S/C14H16ClN3S/c15-9-1-4-13-11(7-9)17-14(18(13)10-2-3-10)12-8-19-6-5-16-12/h1,4,7,10,12,16H,2-3,5-6,8H2. The Kier molecular flexibility index (Phi) is 2.98. The van der Waals surface area contributed by atoms with E-state index < -0.39 is 0 Å². The second kappa shape index (κ2) is 4.69. The first-order chi connectivity index (χ1) is 9.33. The molecule has 4 rings (SSSR count). The first-order valence-corrected chi connectivity index (χ1v) is 8.35. The van der Waals surface area contributed by atoms with Crippen molar-refractivity contribution in [3.05, 3.63) is 29.0 Å². The molecule has 19 heavy (non-hydrogen) atoms. The monoisotopic (exact) mass is 293 g/mol. The molecule has 0 amide bonds. The third-order valence-electron chi connectivity index (χ3n) is 3.82. The lowest BCUT2D eigenvalue weighted by molar-refractivity contribution is 0.532. The van der Waals surface area contributed by atoms with Gasteiger partial charge in [0.05, 0.1) is 17.1 Å². The second-order valence-corrected chi connectivity index (χ2v) is 6.87. The van der Waals surface area contributed by atoms with E-state index in [1.54, 1.807) is 0 Å². The third-order valence-corrected chi connectivity index (χ3v) is 5.12. The summed E-state index contributed by atoms with van der Waals surface area (Å²) in [5.41, 5.74) is 2.27. The molecule has 5 heteroatoms. The molecule has 1 saturated heterocycles. The van der Waals surface area contributed by atoms with E-state index in [4.69, 9.17) is 16.6 Å². The summed E-state index contributed by atoms with van der Waals surface area (Å²) in [5, 5.41) is 4.37. The van der Waals surface area contributed by atoms with Gasteiger partial charge in [-0.15, -0.1) is 0 Å². The molecule has 2 aromatic rings. The molecule has 1 atom stereocenters. The van der Waals surface area contributed by atoms with Gasteiger partial charge in [-0.25, -0.2) is 4.98 Å². The Morgan fingerprint density at radius 1 is 1.37 bits per heavy atom. The lowest BCUT2D eigenvalue weighted by atomic mass is 10.3. The Morgan fingerprint density at radius 3 is 3.00 bits per heavy atom. The van der Waals surface area contributed by atoms with Gasteiger partial charge in [-0.1, -0.05) is 11.6 Å². The van der Waals surface area contributed by atoms with Crippen molar-refractivity contribution in [1.82, 2.24) is 14.9 Å². The van der Waals surface area contributed by atoms with Crippen molar-refractivity contribution in [2.45, 2.75) is 24.9 Å². The smallest absolute Gasteiger partial charge is 0.128 e. The van der Waals surface area contributed by atoms with Gasteiger partial charge in [0.1, 0.15) is 5.82 Å². The number of halogens is 1. The van der Waals surface area contributed by atoms with Gasteiger partial charge in [0.2, 0.25) is 0 Å². The number of aromatic nitrogens is 2. The number of hydrogen-bond donors (Lipinski definition) is 1. The molecule has 1 unspecified atom stereocenters. The fourth-order valence-corrected chi connectivity index (χ4v) is 3.88. The SMILES string of the molecule is Clc1ccc2c(c1)nc(C1CSCCN1)n2C1CC1. The van der Waals surface area contributed by atoms with E-state index in [0.29, 0.717) is 12.1 Å². The van der Waals surface area contributed by atoms with Crippen LogP contribution in [-0.2, 0) is 0 Å². The van der Waals surface area contributed by atoms with Crippen LogP contribution in [0.25, 0.3) is 11.0 Å². The zero-order chi connectivity index (χ0) is 12.8. The summed E-state index contributed by atoms with van der Waals surface area (Å²) < 4.78 is 2.44. The van der Waals surface area contributed by atoms with Crippen LogP contribution in [0.2, 0.25) is 5.02 Å². The number of rotatable bonds is 2. The maximum Gasteiger partial charge on any atom is 0.128 e. The molecule has 0 radical (unpaired) electrons. The molecule has 1 aliphatic heterocycles. The normalized spacial score (nSPS) is 23.9. The lowest BCUT2D eigenvalue weighted by Crippen LogP contribution is -2.32. The quantitative estimate of drug-likeness (QED) is 0.920. The van der Waals surface area contributed by atoms with Crippen molar-refractivity contribution < 1.29 is 0 Å². The number of nitrogens with zero attached hydrogens (tertiary/aromatic N) is 2. The van der Waals surface area contributed by atoms with E-state index in [1.165, 1.54) is 29.9 Å². The van der Waals surface area contributed by atoms with Gasteiger partial charge in [-0.2, -0.15) is 11.8 Å². The van der Waals surface area contributed by atoms with Gasteiger partial charge in [0.25, 0.3) is 0 Å². The van der Waals surface area contributed by atoms with Gasteiger partial charge in [-0.05, 0) is 31.0 Å². The van der Waals surface area contributed by atoms with Gasteiger partial charge in [-0.3, -0.25) is 0 Å². The van der Waals surface area contributed by atoms with Gasteiger partial charge < -0.3 is 9.88 Å². The van der Waals surface area contributed by atoms with Crippen LogP contribution < -0.4 is 5.32 Å². The topological polar surface area (TPSA) is 29.9 Å². The van der Waals surface area contributed by atoms with Crippen LogP contribution in [0, 0.1) is 0 Å². The van der Waals surface area contributed by atoms with Crippen LogP contribution in [0.4, 0.5) is 0 Å². The van der Waals surface area contributed by atoms with Crippen molar-refractivity contribution in [2.75, 3.05) is 18.1 Å². The van der Waals surface area contributed by atoms with Gasteiger partial charge >= 0.3 is 0 Å². The first-order valence-electron chi connectivity index (χ1n) is 6.81. The summed E-state index contributed by atoms with van der Waals surface area (Å²) in [4.78, 5) is 4.86. The van der Waals surface area contributed by atoms with Gasteiger partial charge in [0.15, 0.2) is 0 Å². The molecular formula is C14H16ClN3S. The highest BCUT2D eigenvalue weighted by Crippen LogP contribution is 2.40. The van der Waals surface area contributed by atoms with E-state index in [1.807, 2.05) is 23.9 Å². The number of fused-ring (bicyclic) bond motifs is 1. The van der Waals surface area contributed by atoms with Crippen LogP contribution in [-0.4, -0.2) is 27.6 Å². The summed E-state index contributed by atoms with van der Waals surface area (Å²) in [7, 11) is 0. The van der Waals surface area contributed by atoms with Crippen molar-refractivity contribution in [2.24, 2.45) is 0 Å². The average Bonchev–Trinajstić information content (AvgIpc) is 3.20. The van der Waals surface area contributed by atoms with Crippen molar-refractivity contribution in [1.29, 1.82) is 0 Å². The molecule has 2 fully saturated rings. The third kappa shape index (κ3) is 2.16. The van der Waals surface area contributed by atoms with E-state index in [9.17, 15) is 0 Å². The summed E-state index contributed by atoms with van der Waals surface area (Å²) in [6.45, 7) is 1.07. The van der Waals surface area contributed by atoms with E-state index >= 15 is 0 Å². The molecular weight excluding hydrogens is 278 g/mol. The Hall–Kier alpha value is -0.710.